The summed E-state index contributed by atoms with van der Waals surface area (Å²) < 4.78 is 50.0. The van der Waals surface area contributed by atoms with Crippen LogP contribution in [-0.2, 0) is 28.8 Å². The quantitative estimate of drug-likeness (QED) is 0.0280. The van der Waals surface area contributed by atoms with Crippen LogP contribution in [0.2, 0.25) is 0 Å². The number of ketones is 2. The van der Waals surface area contributed by atoms with Crippen molar-refractivity contribution in [1.29, 1.82) is 0 Å². The second-order valence-electron chi connectivity index (χ2n) is 30.2. The van der Waals surface area contributed by atoms with Gasteiger partial charge >= 0.3 is 5.97 Å². The fraction of sp³-hybridized carbons (Fsp3) is 0.477. The number of carbonyl (C=O) groups excluding carboxylic acids is 8. The molecule has 3 saturated heterocycles. The van der Waals surface area contributed by atoms with E-state index in [2.05, 4.69) is 86.1 Å². The molecule has 12 rings (SSSR count). The second kappa shape index (κ2) is 42.0. The number of carbonyl (C=O) groups is 9. The summed E-state index contributed by atoms with van der Waals surface area (Å²) in [6.45, 7) is 10.3. The van der Waals surface area contributed by atoms with Crippen LogP contribution in [0.1, 0.15) is 161 Å². The van der Waals surface area contributed by atoms with Gasteiger partial charge in [0.25, 0.3) is 17.7 Å². The van der Waals surface area contributed by atoms with Crippen LogP contribution in [0.4, 0.5) is 13.2 Å². The molecule has 0 spiro atoms. The molecular weight excluding hydrogens is 1420 g/mol. The van der Waals surface area contributed by atoms with E-state index in [9.17, 15) is 56.3 Å². The van der Waals surface area contributed by atoms with E-state index in [-0.39, 0.29) is 54.1 Å². The van der Waals surface area contributed by atoms with E-state index in [0.717, 1.165) is 63.6 Å². The lowest BCUT2D eigenvalue weighted by Gasteiger charge is -2.34. The molecule has 0 bridgehead atoms. The molecule has 0 unspecified atom stereocenters. The number of nitrogens with zero attached hydrogens (tertiary/aromatic N) is 6. The third-order valence-electron chi connectivity index (χ3n) is 21.6. The van der Waals surface area contributed by atoms with Gasteiger partial charge in [0, 0.05) is 139 Å². The Hall–Kier alpha value is -9.82. The molecule has 6 fully saturated rings. The molecule has 6 amide bonds. The van der Waals surface area contributed by atoms with Gasteiger partial charge in [0.05, 0.1) is 14.2 Å². The van der Waals surface area contributed by atoms with Gasteiger partial charge in [0.15, 0.2) is 0 Å². The smallest absolute Gasteiger partial charge is 0.303 e. The minimum absolute atomic E-state index is 0.0705. The van der Waals surface area contributed by atoms with Crippen LogP contribution >= 0.6 is 0 Å². The summed E-state index contributed by atoms with van der Waals surface area (Å²) in [5, 5.41) is 17.2. The van der Waals surface area contributed by atoms with Crippen molar-refractivity contribution in [2.24, 2.45) is 17.6 Å². The lowest BCUT2D eigenvalue weighted by atomic mass is 10.0. The number of piperazine rings is 3. The molecule has 6 N–H and O–H groups in total. The van der Waals surface area contributed by atoms with Crippen LogP contribution in [-0.4, -0.2) is 226 Å². The number of likely N-dealkylation sites (N-methyl/N-ethyl adjacent to an activating group) is 3. The number of ether oxygens (including phenoxy) is 2. The van der Waals surface area contributed by atoms with E-state index in [1.54, 1.807) is 28.9 Å². The maximum absolute atomic E-state index is 13.3. The monoisotopic (exact) mass is 1530 g/mol. The van der Waals surface area contributed by atoms with E-state index < -0.39 is 59.3 Å². The predicted molar refractivity (Wildman–Crippen MR) is 418 cm³/mol. The highest BCUT2D eigenvalue weighted by Crippen LogP contribution is 2.51. The third kappa shape index (κ3) is 27.3. The molecule has 3 aliphatic heterocycles. The Morgan fingerprint density at radius 1 is 0.414 bits per heavy atom. The van der Waals surface area contributed by atoms with Gasteiger partial charge in [-0.2, -0.15) is 0 Å². The number of carboxylic acid groups (broad SMARTS) is 1. The average molecular weight is 1530 g/mol. The first-order valence-electron chi connectivity index (χ1n) is 38.8. The maximum Gasteiger partial charge on any atom is 0.303 e. The Kier molecular flexibility index (Phi) is 32.2. The van der Waals surface area contributed by atoms with Gasteiger partial charge in [-0.25, -0.2) is 13.2 Å². The SMILES string of the molecule is CN1CCN(C(=O)[C@H](CCCC(=O)O)NC(=O)c2ccc(F)cc2)CC1.COc1ccc([C@@H]2C[C@H]2CC(=O)CCC[C@H](NC(=O)c2ccc(F)cc2)C(=O)N2CCN(C)CC2)cc1.COc1ccc([C@@H]2C[C@H]2CC(=O)CCC[C@H](NC(=O)c2ccc(F)cc2)C(=O)N2CCN(C)CC2)cc1.Cc1ccc([C@@H]2C[C@H]2N)cc1. The first kappa shape index (κ1) is 85.2. The van der Waals surface area contributed by atoms with Gasteiger partial charge in [-0.05, 0) is 223 Å². The highest BCUT2D eigenvalue weighted by Gasteiger charge is 2.41. The highest BCUT2D eigenvalue weighted by atomic mass is 19.1. The van der Waals surface area contributed by atoms with Crippen molar-refractivity contribution in [2.75, 3.05) is 114 Å². The number of rotatable bonds is 30. The first-order valence-corrected chi connectivity index (χ1v) is 38.8. The lowest BCUT2D eigenvalue weighted by molar-refractivity contribution is -0.138. The van der Waals surface area contributed by atoms with Gasteiger partial charge in [-0.15, -0.1) is 0 Å². The number of benzene rings is 6. The molecular formula is C86H109F3N10O12. The van der Waals surface area contributed by atoms with Crippen LogP contribution in [0, 0.1) is 36.2 Å². The number of nitrogens with two attached hydrogens (primary N) is 1. The summed E-state index contributed by atoms with van der Waals surface area (Å²) in [4.78, 5) is 125. The van der Waals surface area contributed by atoms with Gasteiger partial charge < -0.3 is 65.7 Å². The lowest BCUT2D eigenvalue weighted by Crippen LogP contribution is -2.54. The van der Waals surface area contributed by atoms with Crippen LogP contribution in [0.3, 0.4) is 0 Å². The van der Waals surface area contributed by atoms with Gasteiger partial charge in [0.1, 0.15) is 58.6 Å². The highest BCUT2D eigenvalue weighted by molar-refractivity contribution is 5.99. The van der Waals surface area contributed by atoms with E-state index >= 15 is 0 Å². The topological polar surface area (TPSA) is 274 Å². The fourth-order valence-electron chi connectivity index (χ4n) is 14.2. The first-order chi connectivity index (χ1) is 53.3. The minimum Gasteiger partial charge on any atom is -0.497 e. The molecule has 0 radical (unpaired) electrons. The van der Waals surface area contributed by atoms with Gasteiger partial charge in [-0.3, -0.25) is 43.2 Å². The number of hydrogen-bond donors (Lipinski definition) is 5. The summed E-state index contributed by atoms with van der Waals surface area (Å²) in [6.07, 6.45) is 7.29. The molecule has 3 aliphatic carbocycles. The van der Waals surface area contributed by atoms with E-state index in [1.807, 2.05) is 45.4 Å². The van der Waals surface area contributed by atoms with E-state index in [1.165, 1.54) is 101 Å². The molecule has 6 aromatic rings. The molecule has 6 aliphatic rings. The summed E-state index contributed by atoms with van der Waals surface area (Å²) in [5.74, 6) is 0.207. The van der Waals surface area contributed by atoms with E-state index in [0.29, 0.717) is 137 Å². The average Bonchev–Trinajstić information content (AvgIpc) is 1.67. The zero-order valence-electron chi connectivity index (χ0n) is 64.8. The summed E-state index contributed by atoms with van der Waals surface area (Å²) in [5.41, 5.74) is 11.8. The summed E-state index contributed by atoms with van der Waals surface area (Å²) in [7, 11) is 9.29. The Balaban J connectivity index is 0.000000181. The molecule has 6 aromatic carbocycles. The van der Waals surface area contributed by atoms with Crippen molar-refractivity contribution in [2.45, 2.75) is 139 Å². The second-order valence-corrected chi connectivity index (χ2v) is 30.2. The number of methoxy groups -OCH3 is 2. The number of hydrogen-bond acceptors (Lipinski definition) is 15. The number of aryl methyl sites for hydroxylation is 1. The minimum atomic E-state index is -0.944. The predicted octanol–water partition coefficient (Wildman–Crippen LogP) is 10.0. The molecule has 9 atom stereocenters. The zero-order chi connectivity index (χ0) is 79.7. The molecule has 22 nitrogen and oxygen atoms in total. The van der Waals surface area contributed by atoms with Crippen LogP contribution in [0.25, 0.3) is 0 Å². The molecule has 3 heterocycles. The van der Waals surface area contributed by atoms with Crippen molar-refractivity contribution in [3.8, 4) is 11.5 Å². The Morgan fingerprint density at radius 2 is 0.694 bits per heavy atom. The summed E-state index contributed by atoms with van der Waals surface area (Å²) in [6, 6.07) is 38.5. The van der Waals surface area contributed by atoms with Crippen molar-refractivity contribution in [3.05, 3.63) is 202 Å². The summed E-state index contributed by atoms with van der Waals surface area (Å²) >= 11 is 0. The Bertz CT molecular complexity index is 3870. The van der Waals surface area contributed by atoms with Crippen LogP contribution in [0.15, 0.2) is 146 Å². The number of carboxylic acids is 1. The third-order valence-corrected chi connectivity index (χ3v) is 21.6. The normalized spacial score (nSPS) is 20.1. The van der Waals surface area contributed by atoms with Crippen LogP contribution in [0.5, 0.6) is 11.5 Å². The maximum atomic E-state index is 13.3. The van der Waals surface area contributed by atoms with E-state index in [4.69, 9.17) is 20.3 Å². The molecule has 596 valence electrons. The standard InChI is InChI=1S/2C29H36FN3O4.C18H24FN3O4.C10H13N/c2*1-32-14-16-33(17-15-32)29(36)27(31-28(35)21-6-10-23(30)11-7-21)5-3-4-24(34)18-22-19-26(22)20-8-12-25(37-2)13-9-20;1-21-9-11-22(12-10-21)18(26)15(3-2-4-16(23)24)20-17(25)13-5-7-14(19)8-6-13;1-7-2-4-8(5-3-7)9-6-10(9)11/h2*6-13,22,26-27H,3-5,14-19H2,1-2H3,(H,31,35);5-8,15H,2-4,9-12H2,1H3,(H,20,25)(H,23,24);2-5,9-10H,6,11H2,1H3/t2*22-,26+,27+;15-;9-,10+/m1100/s1. The molecule has 25 heteroatoms. The number of nitrogens with one attached hydrogen (secondary N) is 3. The van der Waals surface area contributed by atoms with Crippen molar-refractivity contribution < 1.29 is 70.9 Å². The zero-order valence-corrected chi connectivity index (χ0v) is 64.8. The number of halogens is 3. The number of aliphatic carboxylic acids is 1. The molecule has 111 heavy (non-hydrogen) atoms. The van der Waals surface area contributed by atoms with Gasteiger partial charge in [-0.1, -0.05) is 54.1 Å². The molecule has 3 saturated carbocycles. The van der Waals surface area contributed by atoms with Crippen molar-refractivity contribution >= 4 is 53.0 Å². The Morgan fingerprint density at radius 3 is 0.973 bits per heavy atom. The molecule has 0 aromatic heterocycles. The van der Waals surface area contributed by atoms with Crippen LogP contribution < -0.4 is 31.2 Å². The number of Topliss-reactive ketones (excluding diaryl/α,β-unsaturated/α-hetero) is 2. The largest absolute Gasteiger partial charge is 0.497 e. The van der Waals surface area contributed by atoms with Gasteiger partial charge in [0.2, 0.25) is 17.7 Å². The van der Waals surface area contributed by atoms with Crippen molar-refractivity contribution in [1.82, 2.24) is 45.3 Å². The number of amides is 6. The fourth-order valence-corrected chi connectivity index (χ4v) is 14.2. The Labute approximate surface area is 649 Å². The van der Waals surface area contributed by atoms with Crippen molar-refractivity contribution in [3.63, 3.8) is 0 Å².